The molecule has 1 aliphatic rings. The summed E-state index contributed by atoms with van der Waals surface area (Å²) in [5, 5.41) is 13.6. The molecule has 0 saturated carbocycles. The Kier molecular flexibility index (Phi) is 1.99. The number of nitrogens with one attached hydrogen (secondary N) is 2. The lowest BCUT2D eigenvalue weighted by molar-refractivity contribution is 0.767. The molecule has 0 radical (unpaired) electrons. The molecule has 2 N–H and O–H groups in total. The molecule has 0 amide bonds. The van der Waals surface area contributed by atoms with E-state index in [1.54, 1.807) is 6.07 Å². The predicted molar refractivity (Wildman–Crippen MR) is 59.4 cm³/mol. The molecule has 2 heterocycles. The SMILES string of the molecule is O=c1[nH]nc2ccc(NC3CC=CC3)nn12. The van der Waals surface area contributed by atoms with Gasteiger partial charge in [0, 0.05) is 6.04 Å². The number of nitrogens with zero attached hydrogens (tertiary/aromatic N) is 3. The molecule has 0 saturated heterocycles. The van der Waals surface area contributed by atoms with Crippen LogP contribution in [0.5, 0.6) is 0 Å². The van der Waals surface area contributed by atoms with Crippen molar-refractivity contribution in [1.82, 2.24) is 19.8 Å². The van der Waals surface area contributed by atoms with Gasteiger partial charge in [-0.25, -0.2) is 9.89 Å². The summed E-state index contributed by atoms with van der Waals surface area (Å²) in [6, 6.07) is 3.97. The number of anilines is 1. The van der Waals surface area contributed by atoms with E-state index < -0.39 is 0 Å². The van der Waals surface area contributed by atoms with Gasteiger partial charge < -0.3 is 5.32 Å². The zero-order chi connectivity index (χ0) is 11.0. The molecule has 3 rings (SSSR count). The molecule has 6 nitrogen and oxygen atoms in total. The van der Waals surface area contributed by atoms with Gasteiger partial charge in [0.05, 0.1) is 0 Å². The van der Waals surface area contributed by atoms with Gasteiger partial charge in [-0.15, -0.1) is 5.10 Å². The first-order valence-corrected chi connectivity index (χ1v) is 5.19. The van der Waals surface area contributed by atoms with E-state index in [9.17, 15) is 4.79 Å². The highest BCUT2D eigenvalue weighted by atomic mass is 16.2. The van der Waals surface area contributed by atoms with Crippen molar-refractivity contribution in [1.29, 1.82) is 0 Å². The molecule has 1 aliphatic carbocycles. The van der Waals surface area contributed by atoms with E-state index >= 15 is 0 Å². The third-order valence-electron chi connectivity index (χ3n) is 2.63. The summed E-state index contributed by atoms with van der Waals surface area (Å²) in [6.45, 7) is 0. The zero-order valence-corrected chi connectivity index (χ0v) is 8.55. The van der Waals surface area contributed by atoms with Gasteiger partial charge in [-0.1, -0.05) is 12.2 Å². The molecular weight excluding hydrogens is 206 g/mol. The first-order chi connectivity index (χ1) is 7.83. The second-order valence-electron chi connectivity index (χ2n) is 3.80. The van der Waals surface area contributed by atoms with E-state index in [-0.39, 0.29) is 5.69 Å². The van der Waals surface area contributed by atoms with Crippen molar-refractivity contribution in [3.63, 3.8) is 0 Å². The Morgan fingerprint density at radius 2 is 2.19 bits per heavy atom. The third-order valence-corrected chi connectivity index (χ3v) is 2.63. The number of fused-ring (bicyclic) bond motifs is 1. The monoisotopic (exact) mass is 217 g/mol. The summed E-state index contributed by atoms with van der Waals surface area (Å²) in [7, 11) is 0. The Morgan fingerprint density at radius 1 is 1.38 bits per heavy atom. The fourth-order valence-electron chi connectivity index (χ4n) is 1.82. The van der Waals surface area contributed by atoms with Crippen LogP contribution in [0.15, 0.2) is 29.1 Å². The molecular formula is C10H11N5O. The normalized spacial score (nSPS) is 16.0. The smallest absolute Gasteiger partial charge is 0.364 e. The van der Waals surface area contributed by atoms with Crippen molar-refractivity contribution < 1.29 is 0 Å². The lowest BCUT2D eigenvalue weighted by atomic mass is 10.2. The maximum absolute atomic E-state index is 11.3. The minimum absolute atomic E-state index is 0.316. The van der Waals surface area contributed by atoms with E-state index in [4.69, 9.17) is 0 Å². The molecule has 0 unspecified atom stereocenters. The minimum Gasteiger partial charge on any atom is -0.365 e. The molecule has 6 heteroatoms. The molecule has 82 valence electrons. The minimum atomic E-state index is -0.316. The number of hydrogen-bond acceptors (Lipinski definition) is 4. The lowest BCUT2D eigenvalue weighted by Crippen LogP contribution is -2.19. The fraction of sp³-hybridized carbons (Fsp3) is 0.300. The highest BCUT2D eigenvalue weighted by Gasteiger charge is 2.11. The lowest BCUT2D eigenvalue weighted by Gasteiger charge is -2.11. The molecule has 0 fully saturated rings. The molecule has 0 aromatic carbocycles. The van der Waals surface area contributed by atoms with Gasteiger partial charge in [0.1, 0.15) is 5.82 Å². The van der Waals surface area contributed by atoms with Crippen molar-refractivity contribution in [2.45, 2.75) is 18.9 Å². The van der Waals surface area contributed by atoms with Gasteiger partial charge in [-0.05, 0) is 25.0 Å². The van der Waals surface area contributed by atoms with Crippen LogP contribution in [0.1, 0.15) is 12.8 Å². The fourth-order valence-corrected chi connectivity index (χ4v) is 1.82. The van der Waals surface area contributed by atoms with Crippen LogP contribution in [0.3, 0.4) is 0 Å². The van der Waals surface area contributed by atoms with Gasteiger partial charge in [-0.2, -0.15) is 9.61 Å². The van der Waals surface area contributed by atoms with Crippen LogP contribution in [0, 0.1) is 0 Å². The summed E-state index contributed by atoms with van der Waals surface area (Å²) in [5.41, 5.74) is 0.211. The Labute approximate surface area is 91.0 Å². The Bertz CT molecular complexity index is 589. The van der Waals surface area contributed by atoms with Crippen molar-refractivity contribution in [3.8, 4) is 0 Å². The molecule has 0 spiro atoms. The Hall–Kier alpha value is -2.11. The largest absolute Gasteiger partial charge is 0.365 e. The van der Waals surface area contributed by atoms with Crippen molar-refractivity contribution in [2.75, 3.05) is 5.32 Å². The number of rotatable bonds is 2. The maximum Gasteiger partial charge on any atom is 0.364 e. The summed E-state index contributed by atoms with van der Waals surface area (Å²) in [4.78, 5) is 11.3. The molecule has 2 aromatic heterocycles. The van der Waals surface area contributed by atoms with Crippen LogP contribution in [0.25, 0.3) is 5.65 Å². The summed E-state index contributed by atoms with van der Waals surface area (Å²) >= 11 is 0. The average molecular weight is 217 g/mol. The van der Waals surface area contributed by atoms with E-state index in [2.05, 4.69) is 32.8 Å². The summed E-state index contributed by atoms with van der Waals surface area (Å²) in [6.07, 6.45) is 6.28. The van der Waals surface area contributed by atoms with Crippen LogP contribution in [-0.4, -0.2) is 25.9 Å². The van der Waals surface area contributed by atoms with Gasteiger partial charge >= 0.3 is 5.69 Å². The van der Waals surface area contributed by atoms with Crippen LogP contribution < -0.4 is 11.0 Å². The van der Waals surface area contributed by atoms with Gasteiger partial charge in [0.15, 0.2) is 5.65 Å². The van der Waals surface area contributed by atoms with Crippen molar-refractivity contribution >= 4 is 11.5 Å². The van der Waals surface area contributed by atoms with Gasteiger partial charge in [0.2, 0.25) is 0 Å². The number of H-pyrrole nitrogens is 1. The Balaban J connectivity index is 1.92. The standard InChI is InChI=1S/C10H11N5O/c16-10-13-12-9-6-5-8(14-15(9)10)11-7-3-1-2-4-7/h1-2,5-7H,3-4H2,(H,11,14)(H,13,16). The van der Waals surface area contributed by atoms with E-state index in [1.165, 1.54) is 4.52 Å². The molecule has 0 bridgehead atoms. The maximum atomic E-state index is 11.3. The van der Waals surface area contributed by atoms with E-state index in [0.29, 0.717) is 17.5 Å². The first-order valence-electron chi connectivity index (χ1n) is 5.19. The number of aromatic amines is 1. The number of aromatic nitrogens is 4. The first kappa shape index (κ1) is 9.14. The summed E-state index contributed by atoms with van der Waals surface area (Å²) < 4.78 is 1.25. The second-order valence-corrected chi connectivity index (χ2v) is 3.80. The highest BCUT2D eigenvalue weighted by Crippen LogP contribution is 2.14. The van der Waals surface area contributed by atoms with Crippen LogP contribution in [0.4, 0.5) is 5.82 Å². The molecule has 16 heavy (non-hydrogen) atoms. The average Bonchev–Trinajstić information content (AvgIpc) is 2.90. The Morgan fingerprint density at radius 3 is 3.00 bits per heavy atom. The molecule has 0 atom stereocenters. The second kappa shape index (κ2) is 3.48. The van der Waals surface area contributed by atoms with Crippen LogP contribution >= 0.6 is 0 Å². The third kappa shape index (κ3) is 1.48. The summed E-state index contributed by atoms with van der Waals surface area (Å²) in [5.74, 6) is 0.699. The molecule has 0 aliphatic heterocycles. The number of hydrogen-bond donors (Lipinski definition) is 2. The highest BCUT2D eigenvalue weighted by molar-refractivity contribution is 5.43. The topological polar surface area (TPSA) is 75.1 Å². The van der Waals surface area contributed by atoms with Crippen molar-refractivity contribution in [2.24, 2.45) is 0 Å². The quantitative estimate of drug-likeness (QED) is 0.720. The van der Waals surface area contributed by atoms with E-state index in [1.807, 2.05) is 6.07 Å². The zero-order valence-electron chi connectivity index (χ0n) is 8.55. The van der Waals surface area contributed by atoms with Crippen LogP contribution in [-0.2, 0) is 0 Å². The molecule has 2 aromatic rings. The van der Waals surface area contributed by atoms with E-state index in [0.717, 1.165) is 12.8 Å². The van der Waals surface area contributed by atoms with Gasteiger partial charge in [-0.3, -0.25) is 0 Å². The van der Waals surface area contributed by atoms with Crippen LogP contribution in [0.2, 0.25) is 0 Å². The predicted octanol–water partition coefficient (Wildman–Crippen LogP) is 0.548. The van der Waals surface area contributed by atoms with Gasteiger partial charge in [0.25, 0.3) is 0 Å². The van der Waals surface area contributed by atoms with Crippen molar-refractivity contribution in [3.05, 3.63) is 34.8 Å².